The second-order valence-corrected chi connectivity index (χ2v) is 3.68. The molecule has 7 heteroatoms. The third-order valence-electron chi connectivity index (χ3n) is 2.20. The summed E-state index contributed by atoms with van der Waals surface area (Å²) in [6, 6.07) is 0. The summed E-state index contributed by atoms with van der Waals surface area (Å²) < 4.78 is 6.92. The van der Waals surface area contributed by atoms with Gasteiger partial charge in [-0.1, -0.05) is 6.92 Å². The van der Waals surface area contributed by atoms with Gasteiger partial charge >= 0.3 is 5.82 Å². The Labute approximate surface area is 99.9 Å². The molecule has 1 heterocycles. The van der Waals surface area contributed by atoms with Crippen molar-refractivity contribution in [1.82, 2.24) is 9.55 Å². The lowest BCUT2D eigenvalue weighted by molar-refractivity contribution is -0.388. The van der Waals surface area contributed by atoms with Gasteiger partial charge in [-0.25, -0.2) is 0 Å². The van der Waals surface area contributed by atoms with Gasteiger partial charge in [0, 0.05) is 26.8 Å². The molecule has 0 fully saturated rings. The largest absolute Gasteiger partial charge is 0.406 e. The van der Waals surface area contributed by atoms with Gasteiger partial charge in [0.05, 0.1) is 0 Å². The number of aryl methyl sites for hydroxylation is 1. The van der Waals surface area contributed by atoms with Crippen LogP contribution in [0.1, 0.15) is 19.8 Å². The average molecular weight is 242 g/mol. The number of nitrogens with zero attached hydrogens (tertiary/aromatic N) is 3. The molecule has 17 heavy (non-hydrogen) atoms. The van der Waals surface area contributed by atoms with Crippen LogP contribution in [0.5, 0.6) is 0 Å². The molecule has 1 N–H and O–H groups in total. The highest BCUT2D eigenvalue weighted by Gasteiger charge is 2.18. The van der Waals surface area contributed by atoms with E-state index in [1.54, 1.807) is 11.6 Å². The summed E-state index contributed by atoms with van der Waals surface area (Å²) in [5, 5.41) is 13.7. The maximum atomic E-state index is 10.7. The second-order valence-electron chi connectivity index (χ2n) is 3.68. The molecule has 0 aliphatic rings. The van der Waals surface area contributed by atoms with Crippen molar-refractivity contribution in [2.24, 2.45) is 7.05 Å². The molecule has 0 spiro atoms. The zero-order valence-corrected chi connectivity index (χ0v) is 10.2. The summed E-state index contributed by atoms with van der Waals surface area (Å²) >= 11 is 0. The summed E-state index contributed by atoms with van der Waals surface area (Å²) in [5.74, 6) is 0.299. The van der Waals surface area contributed by atoms with Crippen LogP contribution in [0, 0.1) is 10.1 Å². The van der Waals surface area contributed by atoms with Crippen LogP contribution in [0.15, 0.2) is 6.33 Å². The Balaban J connectivity index is 2.36. The van der Waals surface area contributed by atoms with Gasteiger partial charge in [-0.15, -0.1) is 0 Å². The number of nitro groups is 1. The van der Waals surface area contributed by atoms with E-state index < -0.39 is 4.92 Å². The zero-order valence-electron chi connectivity index (χ0n) is 10.2. The van der Waals surface area contributed by atoms with E-state index in [2.05, 4.69) is 17.2 Å². The van der Waals surface area contributed by atoms with Gasteiger partial charge in [-0.3, -0.25) is 4.57 Å². The van der Waals surface area contributed by atoms with Gasteiger partial charge in [0.1, 0.15) is 0 Å². The Morgan fingerprint density at radius 2 is 2.35 bits per heavy atom. The van der Waals surface area contributed by atoms with E-state index in [9.17, 15) is 10.1 Å². The summed E-state index contributed by atoms with van der Waals surface area (Å²) in [5.41, 5.74) is 0. The van der Waals surface area contributed by atoms with Crippen molar-refractivity contribution in [1.29, 1.82) is 0 Å². The van der Waals surface area contributed by atoms with E-state index in [0.29, 0.717) is 19.0 Å². The number of rotatable bonds is 8. The normalized spacial score (nSPS) is 10.5. The molecule has 0 atom stereocenters. The van der Waals surface area contributed by atoms with Crippen LogP contribution in [0.25, 0.3) is 0 Å². The van der Waals surface area contributed by atoms with Crippen molar-refractivity contribution in [2.45, 2.75) is 19.8 Å². The zero-order chi connectivity index (χ0) is 12.7. The molecule has 7 nitrogen and oxygen atoms in total. The quantitative estimate of drug-likeness (QED) is 0.425. The Hall–Kier alpha value is -1.63. The van der Waals surface area contributed by atoms with Gasteiger partial charge in [0.2, 0.25) is 12.1 Å². The predicted octanol–water partition coefficient (Wildman–Crippen LogP) is 1.56. The van der Waals surface area contributed by atoms with Crippen LogP contribution < -0.4 is 5.32 Å². The van der Waals surface area contributed by atoms with E-state index in [-0.39, 0.29) is 5.82 Å². The van der Waals surface area contributed by atoms with Crippen molar-refractivity contribution in [3.8, 4) is 0 Å². The van der Waals surface area contributed by atoms with Crippen LogP contribution in [-0.2, 0) is 11.8 Å². The Bertz CT molecular complexity index is 364. The lowest BCUT2D eigenvalue weighted by atomic mass is 10.4. The van der Waals surface area contributed by atoms with Crippen LogP contribution in [0.4, 0.5) is 11.6 Å². The standard InChI is InChI=1S/C10H18N4O3/c1-3-6-17-7-4-5-11-9-10(14(15)16)12-8-13(9)2/h8,11H,3-7H2,1-2H3. The molecule has 1 aromatic heterocycles. The molecule has 0 radical (unpaired) electrons. The molecule has 0 unspecified atom stereocenters. The first-order valence-corrected chi connectivity index (χ1v) is 5.64. The number of aromatic nitrogens is 2. The molecule has 1 aromatic rings. The molecule has 0 aliphatic carbocycles. The van der Waals surface area contributed by atoms with Crippen LogP contribution in [0.3, 0.4) is 0 Å². The summed E-state index contributed by atoms with van der Waals surface area (Å²) in [7, 11) is 1.72. The molecule has 0 bridgehead atoms. The number of hydrogen-bond donors (Lipinski definition) is 1. The molecule has 0 saturated carbocycles. The number of hydrogen-bond acceptors (Lipinski definition) is 5. The van der Waals surface area contributed by atoms with Crippen molar-refractivity contribution < 1.29 is 9.66 Å². The van der Waals surface area contributed by atoms with Gasteiger partial charge < -0.3 is 20.2 Å². The van der Waals surface area contributed by atoms with Gasteiger partial charge in [-0.2, -0.15) is 0 Å². The maximum Gasteiger partial charge on any atom is 0.406 e. The first-order chi connectivity index (χ1) is 8.16. The molecule has 96 valence electrons. The van der Waals surface area contributed by atoms with E-state index in [1.807, 2.05) is 0 Å². The highest BCUT2D eigenvalue weighted by atomic mass is 16.6. The smallest absolute Gasteiger partial charge is 0.381 e. The Morgan fingerprint density at radius 1 is 1.59 bits per heavy atom. The number of nitrogens with one attached hydrogen (secondary N) is 1. The van der Waals surface area contributed by atoms with Crippen molar-refractivity contribution in [3.63, 3.8) is 0 Å². The van der Waals surface area contributed by atoms with Crippen molar-refractivity contribution in [3.05, 3.63) is 16.4 Å². The number of anilines is 1. The highest BCUT2D eigenvalue weighted by Crippen LogP contribution is 2.20. The van der Waals surface area contributed by atoms with Crippen LogP contribution in [0.2, 0.25) is 0 Å². The fourth-order valence-electron chi connectivity index (χ4n) is 1.38. The van der Waals surface area contributed by atoms with Gasteiger partial charge in [0.25, 0.3) is 0 Å². The van der Waals surface area contributed by atoms with Gasteiger partial charge in [0.15, 0.2) is 0 Å². The molecular formula is C10H18N4O3. The van der Waals surface area contributed by atoms with E-state index in [4.69, 9.17) is 4.74 Å². The third-order valence-corrected chi connectivity index (χ3v) is 2.20. The highest BCUT2D eigenvalue weighted by molar-refractivity contribution is 5.51. The molecule has 0 aliphatic heterocycles. The second kappa shape index (κ2) is 6.85. The minimum Gasteiger partial charge on any atom is -0.381 e. The summed E-state index contributed by atoms with van der Waals surface area (Å²) in [6.45, 7) is 4.10. The first kappa shape index (κ1) is 13.4. The fraction of sp³-hybridized carbons (Fsp3) is 0.700. The molecule has 0 saturated heterocycles. The molecule has 1 rings (SSSR count). The lowest BCUT2D eigenvalue weighted by Crippen LogP contribution is -2.09. The number of imidazole rings is 1. The van der Waals surface area contributed by atoms with E-state index >= 15 is 0 Å². The van der Waals surface area contributed by atoms with Crippen LogP contribution >= 0.6 is 0 Å². The molecular weight excluding hydrogens is 224 g/mol. The van der Waals surface area contributed by atoms with E-state index in [1.165, 1.54) is 6.33 Å². The first-order valence-electron chi connectivity index (χ1n) is 5.64. The SMILES string of the molecule is CCCOCCCNc1c([N+](=O)[O-])ncn1C. The lowest BCUT2D eigenvalue weighted by Gasteiger charge is -2.06. The Morgan fingerprint density at radius 3 is 3.00 bits per heavy atom. The van der Waals surface area contributed by atoms with Crippen molar-refractivity contribution in [2.75, 3.05) is 25.1 Å². The summed E-state index contributed by atoms with van der Waals surface area (Å²) in [6.07, 6.45) is 3.23. The monoisotopic (exact) mass is 242 g/mol. The Kier molecular flexibility index (Phi) is 5.41. The summed E-state index contributed by atoms with van der Waals surface area (Å²) in [4.78, 5) is 13.9. The van der Waals surface area contributed by atoms with Gasteiger partial charge in [-0.05, 0) is 22.7 Å². The fourth-order valence-corrected chi connectivity index (χ4v) is 1.38. The number of ether oxygens (including phenoxy) is 1. The average Bonchev–Trinajstić information content (AvgIpc) is 2.65. The van der Waals surface area contributed by atoms with E-state index in [0.717, 1.165) is 19.4 Å². The third kappa shape index (κ3) is 4.03. The molecule has 0 aromatic carbocycles. The van der Waals surface area contributed by atoms with Crippen molar-refractivity contribution >= 4 is 11.6 Å². The topological polar surface area (TPSA) is 82.2 Å². The maximum absolute atomic E-state index is 10.7. The minimum absolute atomic E-state index is 0.137. The van der Waals surface area contributed by atoms with Crippen LogP contribution in [-0.4, -0.2) is 34.2 Å². The predicted molar refractivity (Wildman–Crippen MR) is 64.1 cm³/mol. The molecule has 0 amide bonds. The minimum atomic E-state index is -0.490.